The molecule has 0 unspecified atom stereocenters. The lowest BCUT2D eigenvalue weighted by Crippen LogP contribution is -1.88. The summed E-state index contributed by atoms with van der Waals surface area (Å²) >= 11 is 6.81. The molecule has 0 aliphatic rings. The van der Waals surface area contributed by atoms with Gasteiger partial charge in [0.05, 0.1) is 0 Å². The lowest BCUT2D eigenvalue weighted by molar-refractivity contribution is 0.807. The van der Waals surface area contributed by atoms with Crippen molar-refractivity contribution in [2.45, 2.75) is 24.6 Å². The van der Waals surface area contributed by atoms with Crippen molar-refractivity contribution < 1.29 is 0 Å². The van der Waals surface area contributed by atoms with Crippen LogP contribution >= 0.6 is 31.9 Å². The van der Waals surface area contributed by atoms with E-state index in [1.54, 1.807) is 0 Å². The molecule has 0 bridgehead atoms. The summed E-state index contributed by atoms with van der Waals surface area (Å²) in [6, 6.07) is 0. The van der Waals surface area contributed by atoms with Gasteiger partial charge in [0, 0.05) is 10.2 Å². The highest BCUT2D eigenvalue weighted by atomic mass is 79.9. The second-order valence-corrected chi connectivity index (χ2v) is 3.97. The molecule has 0 heterocycles. The van der Waals surface area contributed by atoms with E-state index in [1.807, 2.05) is 0 Å². The lowest BCUT2D eigenvalue weighted by atomic mass is 10.3. The first-order chi connectivity index (χ1) is 3.27. The fraction of sp³-hybridized carbons (Fsp3) is 1.00. The molecule has 7 heavy (non-hydrogen) atoms. The Bertz CT molecular complexity index is 35.1. The smallest absolute Gasteiger partial charge is 0.0117 e. The molecule has 0 aliphatic carbocycles. The van der Waals surface area contributed by atoms with Gasteiger partial charge < -0.3 is 0 Å². The minimum atomic E-state index is 0.685. The molecule has 0 aliphatic heterocycles. The SMILES string of the molecule is C[C@@H](Br)CCCBr. The van der Waals surface area contributed by atoms with Gasteiger partial charge in [0.1, 0.15) is 0 Å². The Morgan fingerprint density at radius 2 is 2.14 bits per heavy atom. The third-order valence-corrected chi connectivity index (χ3v) is 1.75. The summed E-state index contributed by atoms with van der Waals surface area (Å²) in [5.74, 6) is 0. The maximum Gasteiger partial charge on any atom is 0.0117 e. The number of rotatable bonds is 3. The van der Waals surface area contributed by atoms with Gasteiger partial charge >= 0.3 is 0 Å². The van der Waals surface area contributed by atoms with Crippen molar-refractivity contribution in [3.63, 3.8) is 0 Å². The maximum atomic E-state index is 3.45. The van der Waals surface area contributed by atoms with Crippen LogP contribution in [0.25, 0.3) is 0 Å². The van der Waals surface area contributed by atoms with Crippen LogP contribution in [0.2, 0.25) is 0 Å². The maximum absolute atomic E-state index is 3.45. The molecular formula is C5H10Br2. The average molecular weight is 230 g/mol. The van der Waals surface area contributed by atoms with E-state index >= 15 is 0 Å². The van der Waals surface area contributed by atoms with Gasteiger partial charge in [-0.05, 0) is 12.8 Å². The number of hydrogen-bond donors (Lipinski definition) is 0. The molecule has 0 saturated heterocycles. The molecule has 0 aromatic carbocycles. The molecule has 0 fully saturated rings. The van der Waals surface area contributed by atoms with Crippen LogP contribution < -0.4 is 0 Å². The zero-order valence-electron chi connectivity index (χ0n) is 4.45. The molecule has 1 atom stereocenters. The van der Waals surface area contributed by atoms with E-state index in [-0.39, 0.29) is 0 Å². The Morgan fingerprint density at radius 3 is 2.29 bits per heavy atom. The molecule has 44 valence electrons. The monoisotopic (exact) mass is 228 g/mol. The van der Waals surface area contributed by atoms with Crippen LogP contribution in [0.3, 0.4) is 0 Å². The van der Waals surface area contributed by atoms with Gasteiger partial charge in [-0.3, -0.25) is 0 Å². The van der Waals surface area contributed by atoms with Gasteiger partial charge in [-0.2, -0.15) is 0 Å². The van der Waals surface area contributed by atoms with Crippen LogP contribution in [0.5, 0.6) is 0 Å². The molecule has 0 rings (SSSR count). The molecule has 0 aromatic rings. The summed E-state index contributed by atoms with van der Waals surface area (Å²) in [6.07, 6.45) is 2.54. The van der Waals surface area contributed by atoms with E-state index in [0.717, 1.165) is 5.33 Å². The summed E-state index contributed by atoms with van der Waals surface area (Å²) in [5.41, 5.74) is 0. The number of alkyl halides is 2. The highest BCUT2D eigenvalue weighted by Crippen LogP contribution is 2.06. The van der Waals surface area contributed by atoms with E-state index in [2.05, 4.69) is 38.8 Å². The van der Waals surface area contributed by atoms with Crippen molar-refractivity contribution in [2.24, 2.45) is 0 Å². The van der Waals surface area contributed by atoms with E-state index in [0.29, 0.717) is 4.83 Å². The van der Waals surface area contributed by atoms with E-state index in [1.165, 1.54) is 12.8 Å². The van der Waals surface area contributed by atoms with Crippen LogP contribution in [0.15, 0.2) is 0 Å². The van der Waals surface area contributed by atoms with Gasteiger partial charge in [0.2, 0.25) is 0 Å². The first kappa shape index (κ1) is 7.96. The van der Waals surface area contributed by atoms with Gasteiger partial charge in [-0.25, -0.2) is 0 Å². The molecule has 0 spiro atoms. The molecule has 0 aromatic heterocycles. The third kappa shape index (κ3) is 6.96. The number of hydrogen-bond acceptors (Lipinski definition) is 0. The van der Waals surface area contributed by atoms with Crippen molar-refractivity contribution in [2.75, 3.05) is 5.33 Å². The van der Waals surface area contributed by atoms with Crippen molar-refractivity contribution >= 4 is 31.9 Å². The lowest BCUT2D eigenvalue weighted by Gasteiger charge is -1.96. The molecule has 0 nitrogen and oxygen atoms in total. The molecular weight excluding hydrogens is 220 g/mol. The topological polar surface area (TPSA) is 0 Å². The van der Waals surface area contributed by atoms with Gasteiger partial charge in [-0.1, -0.05) is 38.8 Å². The Kier molecular flexibility index (Phi) is 5.80. The van der Waals surface area contributed by atoms with E-state index in [4.69, 9.17) is 0 Å². The Hall–Kier alpha value is 0.960. The summed E-state index contributed by atoms with van der Waals surface area (Å²) in [4.78, 5) is 0.685. The summed E-state index contributed by atoms with van der Waals surface area (Å²) in [6.45, 7) is 2.17. The zero-order chi connectivity index (χ0) is 5.70. The van der Waals surface area contributed by atoms with E-state index in [9.17, 15) is 0 Å². The normalized spacial score (nSPS) is 14.1. The standard InChI is InChI=1S/C5H10Br2/c1-5(7)3-2-4-6/h5H,2-4H2,1H3/t5-/m1/s1. The Balaban J connectivity index is 2.68. The first-order valence-corrected chi connectivity index (χ1v) is 4.51. The molecule has 2 heteroatoms. The Labute approximate surface area is 61.9 Å². The van der Waals surface area contributed by atoms with Gasteiger partial charge in [0.15, 0.2) is 0 Å². The highest BCUT2D eigenvalue weighted by molar-refractivity contribution is 9.09. The van der Waals surface area contributed by atoms with Gasteiger partial charge in [0.25, 0.3) is 0 Å². The minimum Gasteiger partial charge on any atom is -0.0928 e. The van der Waals surface area contributed by atoms with Crippen molar-refractivity contribution in [1.82, 2.24) is 0 Å². The van der Waals surface area contributed by atoms with Crippen molar-refractivity contribution in [1.29, 1.82) is 0 Å². The van der Waals surface area contributed by atoms with Crippen molar-refractivity contribution in [3.05, 3.63) is 0 Å². The average Bonchev–Trinajstić information content (AvgIpc) is 1.61. The fourth-order valence-corrected chi connectivity index (χ4v) is 1.01. The summed E-state index contributed by atoms with van der Waals surface area (Å²) in [7, 11) is 0. The third-order valence-electron chi connectivity index (χ3n) is 0.736. The van der Waals surface area contributed by atoms with Crippen LogP contribution in [-0.2, 0) is 0 Å². The largest absolute Gasteiger partial charge is 0.0928 e. The zero-order valence-corrected chi connectivity index (χ0v) is 7.63. The van der Waals surface area contributed by atoms with Crippen LogP contribution in [0.1, 0.15) is 19.8 Å². The second kappa shape index (κ2) is 5.10. The Morgan fingerprint density at radius 1 is 1.57 bits per heavy atom. The number of halogens is 2. The second-order valence-electron chi connectivity index (χ2n) is 1.61. The molecule has 0 saturated carbocycles. The predicted molar refractivity (Wildman–Crippen MR) is 41.4 cm³/mol. The quantitative estimate of drug-likeness (QED) is 0.653. The van der Waals surface area contributed by atoms with Crippen molar-refractivity contribution in [3.8, 4) is 0 Å². The highest BCUT2D eigenvalue weighted by Gasteiger charge is 1.91. The molecule has 0 N–H and O–H groups in total. The van der Waals surface area contributed by atoms with Crippen LogP contribution in [0, 0.1) is 0 Å². The van der Waals surface area contributed by atoms with Gasteiger partial charge in [-0.15, -0.1) is 0 Å². The molecule has 0 radical (unpaired) electrons. The molecule has 0 amide bonds. The summed E-state index contributed by atoms with van der Waals surface area (Å²) < 4.78 is 0. The summed E-state index contributed by atoms with van der Waals surface area (Å²) in [5, 5.41) is 1.13. The minimum absolute atomic E-state index is 0.685. The first-order valence-electron chi connectivity index (χ1n) is 2.47. The fourth-order valence-electron chi connectivity index (χ4n) is 0.358. The van der Waals surface area contributed by atoms with Crippen LogP contribution in [-0.4, -0.2) is 10.2 Å². The van der Waals surface area contributed by atoms with Crippen LogP contribution in [0.4, 0.5) is 0 Å². The predicted octanol–water partition coefficient (Wildman–Crippen LogP) is 2.94. The van der Waals surface area contributed by atoms with E-state index < -0.39 is 0 Å².